The minimum atomic E-state index is -4.04. The van der Waals surface area contributed by atoms with Crippen LogP contribution >= 0.6 is 11.6 Å². The Hall–Kier alpha value is -1.71. The first-order chi connectivity index (χ1) is 9.19. The third-order valence-corrected chi connectivity index (χ3v) is 4.28. The SMILES string of the molecule is CNC(=O)CNS(=O)(=O)c1cc([N+](=O)[O-])c(Cl)cc1C. The predicted molar refractivity (Wildman–Crippen MR) is 72.1 cm³/mol. The lowest BCUT2D eigenvalue weighted by Gasteiger charge is -2.09. The fourth-order valence-corrected chi connectivity index (χ4v) is 2.91. The number of nitro benzene ring substituents is 1. The van der Waals surface area contributed by atoms with Crippen molar-refractivity contribution in [2.45, 2.75) is 11.8 Å². The van der Waals surface area contributed by atoms with Crippen molar-refractivity contribution in [3.8, 4) is 0 Å². The van der Waals surface area contributed by atoms with E-state index in [1.807, 2.05) is 4.72 Å². The van der Waals surface area contributed by atoms with Crippen molar-refractivity contribution in [2.24, 2.45) is 0 Å². The predicted octanol–water partition coefficient (Wildman–Crippen LogP) is 0.581. The fraction of sp³-hybridized carbons (Fsp3) is 0.300. The van der Waals surface area contributed by atoms with Crippen molar-refractivity contribution >= 4 is 33.2 Å². The largest absolute Gasteiger partial charge is 0.358 e. The fourth-order valence-electron chi connectivity index (χ4n) is 1.40. The summed E-state index contributed by atoms with van der Waals surface area (Å²) in [4.78, 5) is 20.7. The van der Waals surface area contributed by atoms with Crippen LogP contribution in [-0.2, 0) is 14.8 Å². The quantitative estimate of drug-likeness (QED) is 0.607. The third-order valence-electron chi connectivity index (χ3n) is 2.43. The molecule has 0 saturated carbocycles. The van der Waals surface area contributed by atoms with Crippen LogP contribution in [0.5, 0.6) is 0 Å². The molecule has 0 bridgehead atoms. The second kappa shape index (κ2) is 6.16. The van der Waals surface area contributed by atoms with Crippen molar-refractivity contribution in [1.29, 1.82) is 0 Å². The highest BCUT2D eigenvalue weighted by Crippen LogP contribution is 2.29. The molecule has 10 heteroatoms. The molecule has 20 heavy (non-hydrogen) atoms. The summed E-state index contributed by atoms with van der Waals surface area (Å²) in [5, 5.41) is 12.9. The summed E-state index contributed by atoms with van der Waals surface area (Å²) in [6.45, 7) is 0.985. The molecule has 0 aliphatic rings. The van der Waals surface area contributed by atoms with Crippen molar-refractivity contribution in [3.63, 3.8) is 0 Å². The van der Waals surface area contributed by atoms with Gasteiger partial charge in [-0.1, -0.05) is 11.6 Å². The topological polar surface area (TPSA) is 118 Å². The smallest absolute Gasteiger partial charge is 0.289 e. The van der Waals surface area contributed by atoms with Gasteiger partial charge in [-0.2, -0.15) is 0 Å². The van der Waals surface area contributed by atoms with Crippen LogP contribution in [0.15, 0.2) is 17.0 Å². The third kappa shape index (κ3) is 3.65. The number of carbonyl (C=O) groups excluding carboxylic acids is 1. The maximum atomic E-state index is 12.0. The molecule has 0 spiro atoms. The lowest BCUT2D eigenvalue weighted by Crippen LogP contribution is -2.35. The lowest BCUT2D eigenvalue weighted by molar-refractivity contribution is -0.384. The Morgan fingerprint density at radius 3 is 2.55 bits per heavy atom. The van der Waals surface area contributed by atoms with Gasteiger partial charge in [-0.05, 0) is 18.6 Å². The van der Waals surface area contributed by atoms with Crippen LogP contribution in [0.4, 0.5) is 5.69 Å². The van der Waals surface area contributed by atoms with Crippen LogP contribution < -0.4 is 10.0 Å². The molecule has 0 fully saturated rings. The van der Waals surface area contributed by atoms with Gasteiger partial charge in [0.05, 0.1) is 16.4 Å². The summed E-state index contributed by atoms with van der Waals surface area (Å²) < 4.78 is 26.1. The number of rotatable bonds is 5. The first-order valence-electron chi connectivity index (χ1n) is 5.34. The molecule has 0 unspecified atom stereocenters. The van der Waals surface area contributed by atoms with E-state index in [0.717, 1.165) is 6.07 Å². The van der Waals surface area contributed by atoms with E-state index in [-0.39, 0.29) is 15.5 Å². The number of nitrogens with one attached hydrogen (secondary N) is 2. The van der Waals surface area contributed by atoms with Gasteiger partial charge >= 0.3 is 0 Å². The summed E-state index contributed by atoms with van der Waals surface area (Å²) in [5.74, 6) is -0.533. The average molecular weight is 322 g/mol. The zero-order valence-corrected chi connectivity index (χ0v) is 12.2. The van der Waals surface area contributed by atoms with E-state index in [0.29, 0.717) is 0 Å². The molecule has 2 N–H and O–H groups in total. The Balaban J connectivity index is 3.21. The minimum absolute atomic E-state index is 0.155. The number of benzene rings is 1. The summed E-state index contributed by atoms with van der Waals surface area (Å²) in [7, 11) is -2.69. The second-order valence-corrected chi connectivity index (χ2v) is 5.97. The number of nitro groups is 1. The van der Waals surface area contributed by atoms with E-state index in [9.17, 15) is 23.3 Å². The van der Waals surface area contributed by atoms with Gasteiger partial charge < -0.3 is 5.32 Å². The number of aryl methyl sites for hydroxylation is 1. The molecule has 0 saturated heterocycles. The molecule has 0 atom stereocenters. The van der Waals surface area contributed by atoms with E-state index >= 15 is 0 Å². The van der Waals surface area contributed by atoms with Gasteiger partial charge in [0.1, 0.15) is 5.02 Å². The Bertz CT molecular complexity index is 659. The van der Waals surface area contributed by atoms with E-state index in [1.165, 1.54) is 20.0 Å². The van der Waals surface area contributed by atoms with E-state index in [1.54, 1.807) is 0 Å². The molecule has 0 radical (unpaired) electrons. The molecule has 0 heterocycles. The van der Waals surface area contributed by atoms with E-state index < -0.39 is 33.1 Å². The summed E-state index contributed by atoms with van der Waals surface area (Å²) in [6.07, 6.45) is 0. The van der Waals surface area contributed by atoms with Gasteiger partial charge in [-0.25, -0.2) is 13.1 Å². The van der Waals surface area contributed by atoms with Crippen LogP contribution in [0.1, 0.15) is 5.56 Å². The Morgan fingerprint density at radius 1 is 1.45 bits per heavy atom. The van der Waals surface area contributed by atoms with Crippen LogP contribution in [0.3, 0.4) is 0 Å². The van der Waals surface area contributed by atoms with E-state index in [4.69, 9.17) is 11.6 Å². The number of hydrogen-bond donors (Lipinski definition) is 2. The van der Waals surface area contributed by atoms with Crippen LogP contribution in [0.25, 0.3) is 0 Å². The Labute approximate surface area is 120 Å². The standard InChI is InChI=1S/C10H12ClN3O5S/c1-6-3-7(11)8(14(16)17)4-9(6)20(18,19)13-5-10(15)12-2/h3-4,13H,5H2,1-2H3,(H,12,15). The lowest BCUT2D eigenvalue weighted by atomic mass is 10.2. The number of halogens is 1. The van der Waals surface area contributed by atoms with Crippen molar-refractivity contribution in [3.05, 3.63) is 32.8 Å². The number of hydrogen-bond acceptors (Lipinski definition) is 5. The highest BCUT2D eigenvalue weighted by atomic mass is 35.5. The molecule has 1 aromatic rings. The number of nitrogens with zero attached hydrogens (tertiary/aromatic N) is 1. The maximum Gasteiger partial charge on any atom is 0.289 e. The summed E-state index contributed by atoms with van der Waals surface area (Å²) in [6, 6.07) is 2.05. The highest BCUT2D eigenvalue weighted by molar-refractivity contribution is 7.89. The van der Waals surface area contributed by atoms with Gasteiger partial charge in [0.15, 0.2) is 0 Å². The molecule has 8 nitrogen and oxygen atoms in total. The first kappa shape index (κ1) is 16.3. The normalized spacial score (nSPS) is 11.2. The van der Waals surface area contributed by atoms with Gasteiger partial charge in [0, 0.05) is 13.1 Å². The highest BCUT2D eigenvalue weighted by Gasteiger charge is 2.23. The van der Waals surface area contributed by atoms with Gasteiger partial charge in [-0.3, -0.25) is 14.9 Å². The molecule has 110 valence electrons. The minimum Gasteiger partial charge on any atom is -0.358 e. The monoisotopic (exact) mass is 321 g/mol. The Kier molecular flexibility index (Phi) is 5.03. The van der Waals surface area contributed by atoms with E-state index in [2.05, 4.69) is 5.32 Å². The number of sulfonamides is 1. The molecule has 0 aliphatic heterocycles. The Morgan fingerprint density at radius 2 is 2.05 bits per heavy atom. The van der Waals surface area contributed by atoms with Crippen molar-refractivity contribution < 1.29 is 18.1 Å². The molecule has 0 aliphatic carbocycles. The van der Waals surface area contributed by atoms with Crippen LogP contribution in [0, 0.1) is 17.0 Å². The molecule has 1 amide bonds. The zero-order valence-electron chi connectivity index (χ0n) is 10.6. The van der Waals surface area contributed by atoms with Crippen LogP contribution in [0.2, 0.25) is 5.02 Å². The van der Waals surface area contributed by atoms with Crippen molar-refractivity contribution in [1.82, 2.24) is 10.0 Å². The maximum absolute atomic E-state index is 12.0. The van der Waals surface area contributed by atoms with Gasteiger partial charge in [0.25, 0.3) is 5.69 Å². The number of amides is 1. The molecule has 1 rings (SSSR count). The molecular weight excluding hydrogens is 310 g/mol. The number of carbonyl (C=O) groups is 1. The first-order valence-corrected chi connectivity index (χ1v) is 7.20. The second-order valence-electron chi connectivity index (χ2n) is 3.82. The summed E-state index contributed by atoms with van der Waals surface area (Å²) in [5.41, 5.74) is -0.275. The average Bonchev–Trinajstić information content (AvgIpc) is 2.35. The number of likely N-dealkylation sites (N-methyl/N-ethyl adjacent to an activating group) is 1. The molecule has 0 aromatic heterocycles. The van der Waals surface area contributed by atoms with Gasteiger partial charge in [-0.15, -0.1) is 0 Å². The molecular formula is C10H12ClN3O5S. The summed E-state index contributed by atoms with van der Waals surface area (Å²) >= 11 is 5.68. The van der Waals surface area contributed by atoms with Crippen LogP contribution in [-0.4, -0.2) is 32.8 Å². The molecule has 1 aromatic carbocycles. The van der Waals surface area contributed by atoms with Gasteiger partial charge in [0.2, 0.25) is 15.9 Å². The van der Waals surface area contributed by atoms with Crippen molar-refractivity contribution in [2.75, 3.05) is 13.6 Å². The zero-order chi connectivity index (χ0) is 15.5.